The first-order valence-electron chi connectivity index (χ1n) is 8.74. The molecule has 0 bridgehead atoms. The summed E-state index contributed by atoms with van der Waals surface area (Å²) in [4.78, 5) is 18.4. The molecule has 2 N–H and O–H groups in total. The predicted molar refractivity (Wildman–Crippen MR) is 114 cm³/mol. The van der Waals surface area contributed by atoms with E-state index in [1.165, 1.54) is 23.7 Å². The van der Waals surface area contributed by atoms with Crippen molar-refractivity contribution in [3.05, 3.63) is 28.8 Å². The highest BCUT2D eigenvalue weighted by Gasteiger charge is 2.43. The predicted octanol–water partition coefficient (Wildman–Crippen LogP) is 1.45. The van der Waals surface area contributed by atoms with E-state index in [2.05, 4.69) is 28.7 Å². The Morgan fingerprint density at radius 1 is 1.34 bits per heavy atom. The van der Waals surface area contributed by atoms with Gasteiger partial charge in [-0.15, -0.1) is 11.3 Å². The van der Waals surface area contributed by atoms with Crippen LogP contribution in [-0.2, 0) is 21.1 Å². The van der Waals surface area contributed by atoms with Crippen molar-refractivity contribution >= 4 is 37.3 Å². The molecule has 0 aliphatic carbocycles. The number of aromatic nitrogens is 1. The van der Waals surface area contributed by atoms with Crippen molar-refractivity contribution < 1.29 is 18.4 Å². The van der Waals surface area contributed by atoms with Gasteiger partial charge in [0.2, 0.25) is 0 Å². The second-order valence-corrected chi connectivity index (χ2v) is 10.6. The molecule has 2 rings (SSSR count). The molecule has 0 unspecified atom stereocenters. The maximum absolute atomic E-state index is 12.1. The standard InChI is InChI=1S/C20H23N3O4S2/c1-20(19(24)22-25,29(4,26)27)12-11-18-21-16-10-9-15(14-17(16)28-18)8-6-5-7-13-23(2)3/h9-10,14,25H,11-13H2,1-4H3,(H,22,24)/t20-/m1/s1. The van der Waals surface area contributed by atoms with Gasteiger partial charge in [-0.25, -0.2) is 18.9 Å². The van der Waals surface area contributed by atoms with Crippen LogP contribution in [0.1, 0.15) is 23.9 Å². The average Bonchev–Trinajstić information content (AvgIpc) is 3.06. The van der Waals surface area contributed by atoms with Gasteiger partial charge >= 0.3 is 0 Å². The molecule has 1 atom stereocenters. The van der Waals surface area contributed by atoms with Crippen molar-refractivity contribution in [2.75, 3.05) is 26.9 Å². The van der Waals surface area contributed by atoms with Crippen molar-refractivity contribution in [1.82, 2.24) is 15.4 Å². The Balaban J connectivity index is 2.19. The Morgan fingerprint density at radius 3 is 2.69 bits per heavy atom. The Morgan fingerprint density at radius 2 is 2.07 bits per heavy atom. The monoisotopic (exact) mass is 433 g/mol. The SMILES string of the molecule is CN(C)CC#CC#Cc1ccc2nc(CC[C@](C)(C(=O)NO)S(C)(=O)=O)sc2c1. The zero-order valence-electron chi connectivity index (χ0n) is 16.7. The number of carbonyl (C=O) groups is 1. The maximum atomic E-state index is 12.1. The summed E-state index contributed by atoms with van der Waals surface area (Å²) in [6.45, 7) is 1.94. The number of sulfone groups is 1. The number of fused-ring (bicyclic) bond motifs is 1. The van der Waals surface area contributed by atoms with Crippen LogP contribution in [0.15, 0.2) is 18.2 Å². The molecule has 9 heteroatoms. The third-order valence-corrected chi connectivity index (χ3v) is 7.51. The molecule has 0 aliphatic heterocycles. The van der Waals surface area contributed by atoms with Crippen LogP contribution in [0.2, 0.25) is 0 Å². The number of hydroxylamine groups is 1. The first-order chi connectivity index (χ1) is 13.6. The van der Waals surface area contributed by atoms with Gasteiger partial charge in [-0.3, -0.25) is 14.9 Å². The topological polar surface area (TPSA) is 99.6 Å². The molecule has 1 aromatic heterocycles. The quantitative estimate of drug-likeness (QED) is 0.406. The number of nitrogens with zero attached hydrogens (tertiary/aromatic N) is 2. The van der Waals surface area contributed by atoms with Gasteiger partial charge in [0.05, 0.1) is 21.8 Å². The van der Waals surface area contributed by atoms with Crippen molar-refractivity contribution in [2.24, 2.45) is 0 Å². The van der Waals surface area contributed by atoms with E-state index in [-0.39, 0.29) is 12.8 Å². The van der Waals surface area contributed by atoms with Crippen molar-refractivity contribution in [1.29, 1.82) is 0 Å². The largest absolute Gasteiger partial charge is 0.298 e. The smallest absolute Gasteiger partial charge is 0.264 e. The summed E-state index contributed by atoms with van der Waals surface area (Å²) in [6.07, 6.45) is 1.27. The molecule has 0 saturated heterocycles. The van der Waals surface area contributed by atoms with Gasteiger partial charge < -0.3 is 0 Å². The summed E-state index contributed by atoms with van der Waals surface area (Å²) >= 11 is 1.42. The molecule has 0 spiro atoms. The number of carbonyl (C=O) groups excluding carboxylic acids is 1. The minimum Gasteiger partial charge on any atom is -0.298 e. The molecule has 1 aromatic carbocycles. The van der Waals surface area contributed by atoms with E-state index in [9.17, 15) is 13.2 Å². The molecule has 0 fully saturated rings. The normalized spacial score (nSPS) is 13.2. The van der Waals surface area contributed by atoms with E-state index in [0.29, 0.717) is 11.6 Å². The lowest BCUT2D eigenvalue weighted by molar-refractivity contribution is -0.131. The van der Waals surface area contributed by atoms with Gasteiger partial charge in [-0.05, 0) is 57.5 Å². The molecular formula is C20H23N3O4S2. The fourth-order valence-electron chi connectivity index (χ4n) is 2.43. The average molecular weight is 434 g/mol. The Hall–Kier alpha value is -2.43. The lowest BCUT2D eigenvalue weighted by atomic mass is 10.0. The second kappa shape index (κ2) is 9.38. The fraction of sp³-hybridized carbons (Fsp3) is 0.400. The van der Waals surface area contributed by atoms with E-state index < -0.39 is 20.5 Å². The number of hydrogen-bond donors (Lipinski definition) is 2. The van der Waals surface area contributed by atoms with Crippen molar-refractivity contribution in [2.45, 2.75) is 24.5 Å². The number of rotatable bonds is 6. The summed E-state index contributed by atoms with van der Waals surface area (Å²) in [5.41, 5.74) is 3.05. The number of aryl methyl sites for hydroxylation is 1. The minimum absolute atomic E-state index is 0.00613. The van der Waals surface area contributed by atoms with E-state index in [4.69, 9.17) is 5.21 Å². The van der Waals surface area contributed by atoms with Gasteiger partial charge in [-0.1, -0.05) is 11.8 Å². The van der Waals surface area contributed by atoms with Crippen LogP contribution in [0.5, 0.6) is 0 Å². The molecule has 2 aromatic rings. The van der Waals surface area contributed by atoms with Crippen LogP contribution < -0.4 is 5.48 Å². The van der Waals surface area contributed by atoms with Gasteiger partial charge in [-0.2, -0.15) is 0 Å². The molecule has 0 radical (unpaired) electrons. The summed E-state index contributed by atoms with van der Waals surface area (Å²) in [7, 11) is 0.141. The zero-order chi connectivity index (χ0) is 21.7. The van der Waals surface area contributed by atoms with E-state index in [1.807, 2.05) is 37.2 Å². The van der Waals surface area contributed by atoms with Crippen LogP contribution in [-0.4, -0.2) is 61.1 Å². The van der Waals surface area contributed by atoms with Gasteiger partial charge in [0.15, 0.2) is 9.84 Å². The van der Waals surface area contributed by atoms with Crippen molar-refractivity contribution in [3.8, 4) is 23.7 Å². The molecule has 154 valence electrons. The molecule has 7 nitrogen and oxygen atoms in total. The Bertz CT molecular complexity index is 1130. The highest BCUT2D eigenvalue weighted by Crippen LogP contribution is 2.28. The van der Waals surface area contributed by atoms with Crippen LogP contribution >= 0.6 is 11.3 Å². The van der Waals surface area contributed by atoms with E-state index in [1.54, 1.807) is 0 Å². The van der Waals surface area contributed by atoms with Gasteiger partial charge in [0.25, 0.3) is 5.91 Å². The van der Waals surface area contributed by atoms with Crippen molar-refractivity contribution in [3.63, 3.8) is 0 Å². The van der Waals surface area contributed by atoms with Crippen LogP contribution in [0.25, 0.3) is 10.2 Å². The summed E-state index contributed by atoms with van der Waals surface area (Å²) in [5.74, 6) is 10.6. The lowest BCUT2D eigenvalue weighted by Gasteiger charge is -2.24. The molecule has 1 amide bonds. The summed E-state index contributed by atoms with van der Waals surface area (Å²) < 4.78 is 23.3. The molecular weight excluding hydrogens is 410 g/mol. The molecule has 0 saturated carbocycles. The molecule has 29 heavy (non-hydrogen) atoms. The third-order valence-electron chi connectivity index (χ3n) is 4.40. The van der Waals surface area contributed by atoms with Crippen LogP contribution in [0, 0.1) is 23.7 Å². The fourth-order valence-corrected chi connectivity index (χ4v) is 4.29. The number of benzene rings is 1. The maximum Gasteiger partial charge on any atom is 0.264 e. The Kier molecular flexibility index (Phi) is 7.39. The highest BCUT2D eigenvalue weighted by atomic mass is 32.2. The summed E-state index contributed by atoms with van der Waals surface area (Å²) in [5, 5.41) is 9.61. The number of amides is 1. The third kappa shape index (κ3) is 5.78. The highest BCUT2D eigenvalue weighted by molar-refractivity contribution is 7.92. The number of hydrogen-bond acceptors (Lipinski definition) is 7. The lowest BCUT2D eigenvalue weighted by Crippen LogP contribution is -2.49. The number of thiazole rings is 1. The van der Waals surface area contributed by atoms with Crippen LogP contribution in [0.3, 0.4) is 0 Å². The van der Waals surface area contributed by atoms with Gasteiger partial charge in [0.1, 0.15) is 4.75 Å². The van der Waals surface area contributed by atoms with Gasteiger partial charge in [0, 0.05) is 18.2 Å². The summed E-state index contributed by atoms with van der Waals surface area (Å²) in [6, 6.07) is 5.61. The number of nitrogens with one attached hydrogen (secondary N) is 1. The first-order valence-corrected chi connectivity index (χ1v) is 11.4. The molecule has 1 heterocycles. The second-order valence-electron chi connectivity index (χ2n) is 7.02. The first kappa shape index (κ1) is 22.9. The van der Waals surface area contributed by atoms with E-state index in [0.717, 1.165) is 22.0 Å². The van der Waals surface area contributed by atoms with Crippen LogP contribution in [0.4, 0.5) is 0 Å². The Labute approximate surface area is 175 Å². The zero-order valence-corrected chi connectivity index (χ0v) is 18.4. The minimum atomic E-state index is -3.73. The van der Waals surface area contributed by atoms with E-state index >= 15 is 0 Å². The molecule has 0 aliphatic rings.